The molecule has 3 N–H and O–H groups in total. The van der Waals surface area contributed by atoms with Crippen molar-refractivity contribution in [1.82, 2.24) is 15.3 Å². The molecule has 2 aromatic heterocycles. The van der Waals surface area contributed by atoms with Gasteiger partial charge < -0.3 is 20.0 Å². The van der Waals surface area contributed by atoms with Crippen LogP contribution in [0.5, 0.6) is 0 Å². The number of nitrogens with one attached hydrogen (secondary N) is 3. The molecule has 0 unspecified atom stereocenters. The highest BCUT2D eigenvalue weighted by atomic mass is 16.3. The maximum Gasteiger partial charge on any atom is 0.291 e. The zero-order valence-corrected chi connectivity index (χ0v) is 14.2. The summed E-state index contributed by atoms with van der Waals surface area (Å²) in [5.74, 6) is 0.242. The van der Waals surface area contributed by atoms with Crippen molar-refractivity contribution in [3.8, 4) is 0 Å². The Morgan fingerprint density at radius 1 is 1.00 bits per heavy atom. The summed E-state index contributed by atoms with van der Waals surface area (Å²) >= 11 is 0. The van der Waals surface area contributed by atoms with Gasteiger partial charge in [-0.2, -0.15) is 0 Å². The van der Waals surface area contributed by atoms with Crippen molar-refractivity contribution >= 4 is 28.5 Å². The number of carbonyl (C=O) groups is 2. The zero-order valence-electron chi connectivity index (χ0n) is 14.2. The maximum absolute atomic E-state index is 12.4. The van der Waals surface area contributed by atoms with Gasteiger partial charge in [0, 0.05) is 11.3 Å². The Labute approximate surface area is 154 Å². The summed E-state index contributed by atoms with van der Waals surface area (Å²) in [5.41, 5.74) is 2.71. The Hall–Kier alpha value is -3.87. The summed E-state index contributed by atoms with van der Waals surface area (Å²) in [6.45, 7) is 0.274. The van der Waals surface area contributed by atoms with E-state index >= 15 is 0 Å². The highest BCUT2D eigenvalue weighted by molar-refractivity contribution is 6.03. The molecule has 0 aliphatic carbocycles. The third-order valence-corrected chi connectivity index (χ3v) is 3.98. The summed E-state index contributed by atoms with van der Waals surface area (Å²) in [6, 6.07) is 17.6. The molecule has 4 rings (SSSR count). The second-order valence-electron chi connectivity index (χ2n) is 5.90. The number of hydrogen-bond acceptors (Lipinski definition) is 4. The van der Waals surface area contributed by atoms with E-state index in [2.05, 4.69) is 20.6 Å². The van der Waals surface area contributed by atoms with Crippen LogP contribution < -0.4 is 10.6 Å². The lowest BCUT2D eigenvalue weighted by Gasteiger charge is -2.07. The molecule has 0 atom stereocenters. The molecule has 0 saturated carbocycles. The highest BCUT2D eigenvalue weighted by Crippen LogP contribution is 2.14. The number of hydrogen-bond donors (Lipinski definition) is 3. The van der Waals surface area contributed by atoms with Gasteiger partial charge in [-0.3, -0.25) is 9.59 Å². The van der Waals surface area contributed by atoms with E-state index in [4.69, 9.17) is 4.42 Å². The molecule has 134 valence electrons. The van der Waals surface area contributed by atoms with E-state index in [1.165, 1.54) is 6.26 Å². The van der Waals surface area contributed by atoms with Gasteiger partial charge in [-0.25, -0.2) is 4.98 Å². The van der Waals surface area contributed by atoms with Crippen LogP contribution >= 0.6 is 0 Å². The predicted octanol–water partition coefficient (Wildman–Crippen LogP) is 3.34. The van der Waals surface area contributed by atoms with Crippen molar-refractivity contribution in [3.05, 3.63) is 84.1 Å². The lowest BCUT2D eigenvalue weighted by atomic mass is 10.2. The Bertz CT molecular complexity index is 1070. The van der Waals surface area contributed by atoms with E-state index in [-0.39, 0.29) is 24.1 Å². The van der Waals surface area contributed by atoms with Crippen LogP contribution in [0.25, 0.3) is 11.0 Å². The molecule has 0 fully saturated rings. The number of imidazole rings is 1. The van der Waals surface area contributed by atoms with E-state index in [0.29, 0.717) is 17.1 Å². The second kappa shape index (κ2) is 7.17. The summed E-state index contributed by atoms with van der Waals surface area (Å²) in [6.07, 6.45) is 1.43. The summed E-state index contributed by atoms with van der Waals surface area (Å²) in [7, 11) is 0. The quantitative estimate of drug-likeness (QED) is 0.508. The normalized spacial score (nSPS) is 10.7. The van der Waals surface area contributed by atoms with Crippen LogP contribution in [0.4, 0.5) is 5.69 Å². The average Bonchev–Trinajstić information content (AvgIpc) is 3.35. The molecule has 0 saturated heterocycles. The first-order valence-corrected chi connectivity index (χ1v) is 8.36. The molecule has 2 heterocycles. The SMILES string of the molecule is O=C(NCc1nc2ccccc2[nH]1)c1cccc(NC(=O)c2ccco2)c1. The first kappa shape index (κ1) is 16.6. The van der Waals surface area contributed by atoms with Crippen molar-refractivity contribution in [2.45, 2.75) is 6.54 Å². The molecular formula is C20H16N4O3. The molecule has 27 heavy (non-hydrogen) atoms. The van der Waals surface area contributed by atoms with Gasteiger partial charge >= 0.3 is 0 Å². The lowest BCUT2D eigenvalue weighted by Crippen LogP contribution is -2.23. The Kier molecular flexibility index (Phi) is 4.40. The summed E-state index contributed by atoms with van der Waals surface area (Å²) < 4.78 is 5.06. The van der Waals surface area contributed by atoms with Crippen LogP contribution in [0.1, 0.15) is 26.7 Å². The minimum atomic E-state index is -0.375. The Morgan fingerprint density at radius 3 is 2.70 bits per heavy atom. The molecule has 4 aromatic rings. The van der Waals surface area contributed by atoms with Crippen LogP contribution in [-0.2, 0) is 6.54 Å². The van der Waals surface area contributed by atoms with E-state index in [1.54, 1.807) is 36.4 Å². The number of nitrogens with zero attached hydrogens (tertiary/aromatic N) is 1. The fourth-order valence-corrected chi connectivity index (χ4v) is 2.69. The largest absolute Gasteiger partial charge is 0.459 e. The molecule has 0 radical (unpaired) electrons. The predicted molar refractivity (Wildman–Crippen MR) is 100 cm³/mol. The molecule has 7 nitrogen and oxygen atoms in total. The van der Waals surface area contributed by atoms with Gasteiger partial charge in [0.1, 0.15) is 5.82 Å². The van der Waals surface area contributed by atoms with Crippen molar-refractivity contribution < 1.29 is 14.0 Å². The van der Waals surface area contributed by atoms with Gasteiger partial charge in [-0.05, 0) is 42.5 Å². The van der Waals surface area contributed by atoms with E-state index in [0.717, 1.165) is 11.0 Å². The minimum Gasteiger partial charge on any atom is -0.459 e. The third kappa shape index (κ3) is 3.72. The van der Waals surface area contributed by atoms with Crippen molar-refractivity contribution in [1.29, 1.82) is 0 Å². The van der Waals surface area contributed by atoms with Crippen LogP contribution in [0, 0.1) is 0 Å². The Morgan fingerprint density at radius 2 is 1.89 bits per heavy atom. The van der Waals surface area contributed by atoms with E-state index in [9.17, 15) is 9.59 Å². The number of aromatic nitrogens is 2. The highest BCUT2D eigenvalue weighted by Gasteiger charge is 2.11. The van der Waals surface area contributed by atoms with Gasteiger partial charge in [-0.15, -0.1) is 0 Å². The monoisotopic (exact) mass is 360 g/mol. The number of para-hydroxylation sites is 2. The van der Waals surface area contributed by atoms with Gasteiger partial charge in [0.25, 0.3) is 11.8 Å². The molecule has 0 spiro atoms. The number of H-pyrrole nitrogens is 1. The number of fused-ring (bicyclic) bond motifs is 1. The fraction of sp³-hybridized carbons (Fsp3) is 0.0500. The van der Waals surface area contributed by atoms with Gasteiger partial charge in [0.15, 0.2) is 5.76 Å². The molecule has 7 heteroatoms. The third-order valence-electron chi connectivity index (χ3n) is 3.98. The van der Waals surface area contributed by atoms with Crippen molar-refractivity contribution in [2.24, 2.45) is 0 Å². The standard InChI is InChI=1S/C20H16N4O3/c25-19(21-12-18-23-15-7-1-2-8-16(15)24-18)13-5-3-6-14(11-13)22-20(26)17-9-4-10-27-17/h1-11H,12H2,(H,21,25)(H,22,26)(H,23,24). The molecule has 2 aromatic carbocycles. The molecule has 0 bridgehead atoms. The van der Waals surface area contributed by atoms with Crippen LogP contribution in [0.3, 0.4) is 0 Å². The molecule has 0 aliphatic rings. The lowest BCUT2D eigenvalue weighted by molar-refractivity contribution is 0.0948. The van der Waals surface area contributed by atoms with Crippen LogP contribution in [-0.4, -0.2) is 21.8 Å². The van der Waals surface area contributed by atoms with Gasteiger partial charge in [-0.1, -0.05) is 18.2 Å². The summed E-state index contributed by atoms with van der Waals surface area (Å²) in [4.78, 5) is 32.0. The van der Waals surface area contributed by atoms with Crippen LogP contribution in [0.15, 0.2) is 71.3 Å². The first-order chi connectivity index (χ1) is 13.2. The van der Waals surface area contributed by atoms with E-state index in [1.807, 2.05) is 24.3 Å². The van der Waals surface area contributed by atoms with Crippen LogP contribution in [0.2, 0.25) is 0 Å². The molecule has 0 aliphatic heterocycles. The fourth-order valence-electron chi connectivity index (χ4n) is 2.69. The smallest absolute Gasteiger partial charge is 0.291 e. The molecule has 2 amide bonds. The van der Waals surface area contributed by atoms with Crippen molar-refractivity contribution in [3.63, 3.8) is 0 Å². The van der Waals surface area contributed by atoms with E-state index < -0.39 is 0 Å². The second-order valence-corrected chi connectivity index (χ2v) is 5.90. The zero-order chi connectivity index (χ0) is 18.6. The van der Waals surface area contributed by atoms with Gasteiger partial charge in [0.05, 0.1) is 23.8 Å². The number of carbonyl (C=O) groups excluding carboxylic acids is 2. The summed E-state index contributed by atoms with van der Waals surface area (Å²) in [5, 5.41) is 5.52. The number of rotatable bonds is 5. The van der Waals surface area contributed by atoms with Gasteiger partial charge in [0.2, 0.25) is 0 Å². The maximum atomic E-state index is 12.4. The number of amides is 2. The topological polar surface area (TPSA) is 100 Å². The molecular weight excluding hydrogens is 344 g/mol. The number of benzene rings is 2. The number of aromatic amines is 1. The average molecular weight is 360 g/mol. The number of anilines is 1. The first-order valence-electron chi connectivity index (χ1n) is 8.36. The Balaban J connectivity index is 1.41. The van der Waals surface area contributed by atoms with Crippen molar-refractivity contribution in [2.75, 3.05) is 5.32 Å². The minimum absolute atomic E-state index is 0.203. The number of furan rings is 1.